The van der Waals surface area contributed by atoms with E-state index in [-0.39, 0.29) is 11.9 Å². The fourth-order valence-electron chi connectivity index (χ4n) is 1.91. The Bertz CT molecular complexity index is 601. The molecule has 0 saturated heterocycles. The minimum atomic E-state index is -0.188. The summed E-state index contributed by atoms with van der Waals surface area (Å²) in [6, 6.07) is 9.48. The molecule has 104 valence electrons. The molecule has 0 spiro atoms. The molecule has 5 heteroatoms. The molecule has 0 saturated carbocycles. The fourth-order valence-corrected chi connectivity index (χ4v) is 2.38. The minimum Gasteiger partial charge on any atom is -0.345 e. The van der Waals surface area contributed by atoms with Crippen LogP contribution in [-0.4, -0.2) is 10.9 Å². The number of pyridine rings is 1. The van der Waals surface area contributed by atoms with E-state index in [1.54, 1.807) is 12.3 Å². The molecule has 2 rings (SSSR count). The highest BCUT2D eigenvalue weighted by molar-refractivity contribution is 9.10. The number of halogens is 2. The Labute approximate surface area is 131 Å². The van der Waals surface area contributed by atoms with E-state index >= 15 is 0 Å². The van der Waals surface area contributed by atoms with Crippen molar-refractivity contribution < 1.29 is 4.79 Å². The number of rotatable bonds is 4. The molecule has 0 fully saturated rings. The number of hydrogen-bond acceptors (Lipinski definition) is 2. The van der Waals surface area contributed by atoms with Crippen LogP contribution < -0.4 is 5.32 Å². The Kier molecular flexibility index (Phi) is 5.15. The zero-order valence-corrected chi connectivity index (χ0v) is 13.3. The molecule has 0 radical (unpaired) electrons. The summed E-state index contributed by atoms with van der Waals surface area (Å²) in [6.07, 6.45) is 3.83. The summed E-state index contributed by atoms with van der Waals surface area (Å²) in [6.45, 7) is 2.03. The van der Waals surface area contributed by atoms with Gasteiger partial charge < -0.3 is 5.32 Å². The summed E-state index contributed by atoms with van der Waals surface area (Å²) in [5.74, 6) is -0.188. The van der Waals surface area contributed by atoms with Crippen molar-refractivity contribution in [1.82, 2.24) is 10.3 Å². The van der Waals surface area contributed by atoms with E-state index in [0.717, 1.165) is 16.5 Å². The van der Waals surface area contributed by atoms with Crippen LogP contribution in [0.4, 0.5) is 0 Å². The van der Waals surface area contributed by atoms with Crippen molar-refractivity contribution in [2.24, 2.45) is 0 Å². The molecule has 1 aromatic heterocycles. The molecule has 1 aromatic carbocycles. The Morgan fingerprint density at radius 3 is 2.65 bits per heavy atom. The highest BCUT2D eigenvalue weighted by atomic mass is 79.9. The van der Waals surface area contributed by atoms with E-state index in [1.807, 2.05) is 31.2 Å². The Morgan fingerprint density at radius 1 is 1.35 bits per heavy atom. The summed E-state index contributed by atoms with van der Waals surface area (Å²) in [7, 11) is 0. The minimum absolute atomic E-state index is 0.0418. The second kappa shape index (κ2) is 6.86. The van der Waals surface area contributed by atoms with Crippen LogP contribution in [0.3, 0.4) is 0 Å². The number of nitrogens with zero attached hydrogens (tertiary/aromatic N) is 1. The van der Waals surface area contributed by atoms with Gasteiger partial charge in [-0.2, -0.15) is 0 Å². The molecule has 0 aliphatic heterocycles. The number of nitrogens with one attached hydrogen (secondary N) is 1. The van der Waals surface area contributed by atoms with Gasteiger partial charge in [-0.05, 0) is 30.2 Å². The van der Waals surface area contributed by atoms with Crippen molar-refractivity contribution in [2.75, 3.05) is 0 Å². The second-order valence-corrected chi connectivity index (χ2v) is 5.66. The quantitative estimate of drug-likeness (QED) is 0.886. The van der Waals surface area contributed by atoms with Crippen molar-refractivity contribution in [3.05, 3.63) is 63.3 Å². The molecule has 1 N–H and O–H groups in total. The predicted molar refractivity (Wildman–Crippen MR) is 83.9 cm³/mol. The number of hydrogen-bond donors (Lipinski definition) is 1. The molecule has 2 aromatic rings. The predicted octanol–water partition coefficient (Wildman–Crippen LogP) is 4.38. The molecule has 20 heavy (non-hydrogen) atoms. The highest BCUT2D eigenvalue weighted by Crippen LogP contribution is 2.21. The largest absolute Gasteiger partial charge is 0.345 e. The molecule has 0 bridgehead atoms. The van der Waals surface area contributed by atoms with E-state index in [9.17, 15) is 4.79 Å². The molecule has 3 nitrogen and oxygen atoms in total. The van der Waals surface area contributed by atoms with Crippen LogP contribution in [-0.2, 0) is 0 Å². The van der Waals surface area contributed by atoms with Gasteiger partial charge in [0.2, 0.25) is 0 Å². The van der Waals surface area contributed by atoms with Gasteiger partial charge in [0.15, 0.2) is 0 Å². The van der Waals surface area contributed by atoms with Gasteiger partial charge in [-0.15, -0.1) is 0 Å². The number of aromatic nitrogens is 1. The van der Waals surface area contributed by atoms with Gasteiger partial charge in [0.25, 0.3) is 5.91 Å². The van der Waals surface area contributed by atoms with Gasteiger partial charge in [0, 0.05) is 16.9 Å². The Balaban J connectivity index is 2.16. The number of benzene rings is 1. The van der Waals surface area contributed by atoms with Crippen LogP contribution in [0.15, 0.2) is 47.2 Å². The van der Waals surface area contributed by atoms with E-state index in [2.05, 4.69) is 26.2 Å². The maximum absolute atomic E-state index is 12.2. The number of carbonyl (C=O) groups excluding carboxylic acids is 1. The number of carbonyl (C=O) groups is 1. The highest BCUT2D eigenvalue weighted by Gasteiger charge is 2.16. The third-order valence-electron chi connectivity index (χ3n) is 3.00. The van der Waals surface area contributed by atoms with Crippen LogP contribution >= 0.6 is 27.5 Å². The molecule has 1 amide bonds. The molecule has 1 heterocycles. The maximum atomic E-state index is 12.2. The summed E-state index contributed by atoms with van der Waals surface area (Å²) >= 11 is 9.38. The van der Waals surface area contributed by atoms with Gasteiger partial charge in [-0.1, -0.05) is 46.6 Å². The van der Waals surface area contributed by atoms with Crippen molar-refractivity contribution in [3.63, 3.8) is 0 Å². The topological polar surface area (TPSA) is 42.0 Å². The van der Waals surface area contributed by atoms with Crippen molar-refractivity contribution in [3.8, 4) is 0 Å². The van der Waals surface area contributed by atoms with Gasteiger partial charge in [-0.3, -0.25) is 9.78 Å². The Morgan fingerprint density at radius 2 is 2.05 bits per heavy atom. The molecule has 0 aliphatic rings. The molecule has 1 unspecified atom stereocenters. The lowest BCUT2D eigenvalue weighted by molar-refractivity contribution is 0.0935. The van der Waals surface area contributed by atoms with E-state index < -0.39 is 0 Å². The first-order valence-corrected chi connectivity index (χ1v) is 7.44. The monoisotopic (exact) mass is 352 g/mol. The first-order chi connectivity index (χ1) is 9.61. The average Bonchev–Trinajstić information content (AvgIpc) is 2.46. The smallest absolute Gasteiger partial charge is 0.253 e. The first-order valence-electron chi connectivity index (χ1n) is 6.27. The molecule has 0 aliphatic carbocycles. The van der Waals surface area contributed by atoms with E-state index in [0.29, 0.717) is 10.6 Å². The van der Waals surface area contributed by atoms with Crippen LogP contribution in [0.2, 0.25) is 5.02 Å². The zero-order chi connectivity index (χ0) is 14.5. The lowest BCUT2D eigenvalue weighted by Crippen LogP contribution is -2.28. The summed E-state index contributed by atoms with van der Waals surface area (Å²) in [5.41, 5.74) is 1.51. The standard InChI is InChI=1S/C15H14BrClN2O/c1-2-14(10-3-5-11(16)6-4-10)19-15(20)12-7-8-18-9-13(12)17/h3-9,14H,2H2,1H3,(H,19,20). The lowest BCUT2D eigenvalue weighted by Gasteiger charge is -2.18. The normalized spacial score (nSPS) is 11.9. The summed E-state index contributed by atoms with van der Waals surface area (Å²) in [5, 5.41) is 3.35. The van der Waals surface area contributed by atoms with Gasteiger partial charge in [-0.25, -0.2) is 0 Å². The molecular formula is C15H14BrClN2O. The van der Waals surface area contributed by atoms with E-state index in [1.165, 1.54) is 6.20 Å². The SMILES string of the molecule is CCC(NC(=O)c1ccncc1Cl)c1ccc(Br)cc1. The zero-order valence-electron chi connectivity index (χ0n) is 10.9. The van der Waals surface area contributed by atoms with Gasteiger partial charge in [0.05, 0.1) is 16.6 Å². The summed E-state index contributed by atoms with van der Waals surface area (Å²) in [4.78, 5) is 16.1. The van der Waals surface area contributed by atoms with Gasteiger partial charge in [0.1, 0.15) is 0 Å². The molecule has 1 atom stereocenters. The van der Waals surface area contributed by atoms with Crippen molar-refractivity contribution >= 4 is 33.4 Å². The lowest BCUT2D eigenvalue weighted by atomic mass is 10.0. The van der Waals surface area contributed by atoms with Gasteiger partial charge >= 0.3 is 0 Å². The average molecular weight is 354 g/mol. The van der Waals surface area contributed by atoms with Crippen molar-refractivity contribution in [1.29, 1.82) is 0 Å². The van der Waals surface area contributed by atoms with Crippen LogP contribution in [0, 0.1) is 0 Å². The second-order valence-electron chi connectivity index (χ2n) is 4.34. The van der Waals surface area contributed by atoms with Crippen LogP contribution in [0.1, 0.15) is 35.3 Å². The third-order valence-corrected chi connectivity index (χ3v) is 3.83. The van der Waals surface area contributed by atoms with Crippen LogP contribution in [0.5, 0.6) is 0 Å². The fraction of sp³-hybridized carbons (Fsp3) is 0.200. The number of amides is 1. The molecular weight excluding hydrogens is 340 g/mol. The van der Waals surface area contributed by atoms with Crippen LogP contribution in [0.25, 0.3) is 0 Å². The van der Waals surface area contributed by atoms with E-state index in [4.69, 9.17) is 11.6 Å². The summed E-state index contributed by atoms with van der Waals surface area (Å²) < 4.78 is 1.01. The maximum Gasteiger partial charge on any atom is 0.253 e. The third kappa shape index (κ3) is 3.58. The first kappa shape index (κ1) is 15.0. The Hall–Kier alpha value is -1.39. The van der Waals surface area contributed by atoms with Crippen molar-refractivity contribution in [2.45, 2.75) is 19.4 Å².